The summed E-state index contributed by atoms with van der Waals surface area (Å²) in [6.07, 6.45) is 2.00. The summed E-state index contributed by atoms with van der Waals surface area (Å²) in [6, 6.07) is 7.51. The lowest BCUT2D eigenvalue weighted by atomic mass is 9.77. The molecule has 1 aromatic carbocycles. The van der Waals surface area contributed by atoms with Crippen LogP contribution in [-0.4, -0.2) is 22.6 Å². The van der Waals surface area contributed by atoms with Crippen LogP contribution in [0.5, 0.6) is 0 Å². The zero-order chi connectivity index (χ0) is 13.9. The SMILES string of the molecule is Cc1cccc(C(CN)(Cc2nccs2)C(=O)O)c1. The second-order valence-electron chi connectivity index (χ2n) is 4.56. The van der Waals surface area contributed by atoms with Gasteiger partial charge in [-0.2, -0.15) is 0 Å². The van der Waals surface area contributed by atoms with E-state index >= 15 is 0 Å². The van der Waals surface area contributed by atoms with Crippen molar-refractivity contribution < 1.29 is 9.90 Å². The van der Waals surface area contributed by atoms with Gasteiger partial charge in [0.15, 0.2) is 0 Å². The summed E-state index contributed by atoms with van der Waals surface area (Å²) in [5.74, 6) is -0.907. The molecule has 0 bridgehead atoms. The molecule has 0 aliphatic heterocycles. The van der Waals surface area contributed by atoms with Crippen LogP contribution in [-0.2, 0) is 16.6 Å². The third-order valence-electron chi connectivity index (χ3n) is 3.26. The lowest BCUT2D eigenvalue weighted by molar-refractivity contribution is -0.143. The topological polar surface area (TPSA) is 76.2 Å². The molecule has 0 radical (unpaired) electrons. The fourth-order valence-electron chi connectivity index (χ4n) is 2.12. The summed E-state index contributed by atoms with van der Waals surface area (Å²) in [5, 5.41) is 12.3. The molecule has 0 saturated carbocycles. The smallest absolute Gasteiger partial charge is 0.315 e. The van der Waals surface area contributed by atoms with Crippen molar-refractivity contribution in [2.75, 3.05) is 6.54 Å². The molecule has 0 spiro atoms. The molecule has 0 amide bonds. The Labute approximate surface area is 115 Å². The van der Waals surface area contributed by atoms with Gasteiger partial charge in [0.2, 0.25) is 0 Å². The van der Waals surface area contributed by atoms with Crippen LogP contribution in [0.4, 0.5) is 0 Å². The minimum Gasteiger partial charge on any atom is -0.481 e. The second-order valence-corrected chi connectivity index (χ2v) is 5.54. The number of aryl methyl sites for hydroxylation is 1. The van der Waals surface area contributed by atoms with Gasteiger partial charge in [0, 0.05) is 24.5 Å². The van der Waals surface area contributed by atoms with Gasteiger partial charge in [-0.05, 0) is 12.5 Å². The molecule has 0 aliphatic carbocycles. The molecule has 19 heavy (non-hydrogen) atoms. The molecular weight excluding hydrogens is 260 g/mol. The Morgan fingerprint density at radius 1 is 1.53 bits per heavy atom. The molecule has 2 aromatic rings. The Morgan fingerprint density at radius 3 is 2.84 bits per heavy atom. The average molecular weight is 276 g/mol. The van der Waals surface area contributed by atoms with Crippen LogP contribution in [0.1, 0.15) is 16.1 Å². The number of carbonyl (C=O) groups is 1. The fraction of sp³-hybridized carbons (Fsp3) is 0.286. The maximum Gasteiger partial charge on any atom is 0.315 e. The predicted octanol–water partition coefficient (Wildman–Crippen LogP) is 1.98. The molecule has 4 nitrogen and oxygen atoms in total. The van der Waals surface area contributed by atoms with E-state index in [4.69, 9.17) is 5.73 Å². The van der Waals surface area contributed by atoms with E-state index in [9.17, 15) is 9.90 Å². The van der Waals surface area contributed by atoms with Crippen molar-refractivity contribution in [3.63, 3.8) is 0 Å². The van der Waals surface area contributed by atoms with Crippen molar-refractivity contribution in [1.82, 2.24) is 4.98 Å². The minimum absolute atomic E-state index is 0.0470. The van der Waals surface area contributed by atoms with E-state index in [0.29, 0.717) is 6.42 Å². The van der Waals surface area contributed by atoms with E-state index in [1.54, 1.807) is 6.20 Å². The summed E-state index contributed by atoms with van der Waals surface area (Å²) >= 11 is 1.45. The molecule has 1 unspecified atom stereocenters. The Hall–Kier alpha value is -1.72. The van der Waals surface area contributed by atoms with Crippen LogP contribution in [0, 0.1) is 6.92 Å². The summed E-state index contributed by atoms with van der Waals surface area (Å²) in [7, 11) is 0. The first kappa shape index (κ1) is 13.7. The van der Waals surface area contributed by atoms with Gasteiger partial charge >= 0.3 is 5.97 Å². The first-order valence-electron chi connectivity index (χ1n) is 5.97. The molecule has 0 aliphatic rings. The number of benzene rings is 1. The van der Waals surface area contributed by atoms with Crippen molar-refractivity contribution in [2.24, 2.45) is 5.73 Å². The number of nitrogens with zero attached hydrogens (tertiary/aromatic N) is 1. The summed E-state index contributed by atoms with van der Waals surface area (Å²) < 4.78 is 0. The number of nitrogens with two attached hydrogens (primary N) is 1. The Kier molecular flexibility index (Phi) is 3.97. The van der Waals surface area contributed by atoms with Gasteiger partial charge in [0.05, 0.1) is 5.01 Å². The monoisotopic (exact) mass is 276 g/mol. The average Bonchev–Trinajstić information content (AvgIpc) is 2.88. The van der Waals surface area contributed by atoms with Gasteiger partial charge in [0.25, 0.3) is 0 Å². The molecule has 1 aromatic heterocycles. The van der Waals surface area contributed by atoms with Crippen LogP contribution in [0.25, 0.3) is 0 Å². The molecule has 0 saturated heterocycles. The largest absolute Gasteiger partial charge is 0.481 e. The first-order chi connectivity index (χ1) is 9.08. The Bertz CT molecular complexity index is 569. The van der Waals surface area contributed by atoms with Crippen LogP contribution >= 0.6 is 11.3 Å². The van der Waals surface area contributed by atoms with E-state index in [1.807, 2.05) is 36.6 Å². The van der Waals surface area contributed by atoms with Gasteiger partial charge in [-0.1, -0.05) is 29.8 Å². The predicted molar refractivity (Wildman–Crippen MR) is 75.4 cm³/mol. The highest BCUT2D eigenvalue weighted by molar-refractivity contribution is 7.09. The highest BCUT2D eigenvalue weighted by Crippen LogP contribution is 2.29. The third-order valence-corrected chi connectivity index (χ3v) is 4.04. The highest BCUT2D eigenvalue weighted by Gasteiger charge is 2.40. The molecule has 3 N–H and O–H groups in total. The highest BCUT2D eigenvalue weighted by atomic mass is 32.1. The fourth-order valence-corrected chi connectivity index (χ4v) is 2.85. The van der Waals surface area contributed by atoms with E-state index in [-0.39, 0.29) is 6.54 Å². The second kappa shape index (κ2) is 5.50. The number of aliphatic carboxylic acids is 1. The molecule has 2 rings (SSSR count). The van der Waals surface area contributed by atoms with E-state index in [1.165, 1.54) is 11.3 Å². The van der Waals surface area contributed by atoms with Crippen LogP contribution in [0.2, 0.25) is 0 Å². The van der Waals surface area contributed by atoms with E-state index in [0.717, 1.165) is 16.1 Å². The van der Waals surface area contributed by atoms with Crippen molar-refractivity contribution in [1.29, 1.82) is 0 Å². The number of thiazole rings is 1. The maximum absolute atomic E-state index is 11.8. The van der Waals surface area contributed by atoms with Gasteiger partial charge in [-0.15, -0.1) is 11.3 Å². The van der Waals surface area contributed by atoms with E-state index in [2.05, 4.69) is 4.98 Å². The minimum atomic E-state index is -1.11. The molecule has 5 heteroatoms. The van der Waals surface area contributed by atoms with Crippen molar-refractivity contribution >= 4 is 17.3 Å². The zero-order valence-corrected chi connectivity index (χ0v) is 11.5. The van der Waals surface area contributed by atoms with Gasteiger partial charge < -0.3 is 10.8 Å². The lowest BCUT2D eigenvalue weighted by Gasteiger charge is -2.28. The van der Waals surface area contributed by atoms with Crippen molar-refractivity contribution in [2.45, 2.75) is 18.8 Å². The normalized spacial score (nSPS) is 14.0. The molecule has 1 atom stereocenters. The van der Waals surface area contributed by atoms with Crippen LogP contribution in [0.3, 0.4) is 0 Å². The molecule has 1 heterocycles. The maximum atomic E-state index is 11.8. The van der Waals surface area contributed by atoms with E-state index < -0.39 is 11.4 Å². The number of carboxylic acids is 1. The Morgan fingerprint density at radius 2 is 2.32 bits per heavy atom. The standard InChI is InChI=1S/C14H16N2O2S/c1-10-3-2-4-11(7-10)14(9-15,13(17)18)8-12-16-5-6-19-12/h2-7H,8-9,15H2,1H3,(H,17,18). The number of aromatic nitrogens is 1. The number of carboxylic acid groups (broad SMARTS) is 1. The molecular formula is C14H16N2O2S. The zero-order valence-electron chi connectivity index (χ0n) is 10.7. The summed E-state index contributed by atoms with van der Waals surface area (Å²) in [5.41, 5.74) is 6.45. The van der Waals surface area contributed by atoms with Gasteiger partial charge in [0.1, 0.15) is 5.41 Å². The summed E-state index contributed by atoms with van der Waals surface area (Å²) in [4.78, 5) is 16.0. The third kappa shape index (κ3) is 2.67. The van der Waals surface area contributed by atoms with Gasteiger partial charge in [-0.25, -0.2) is 4.98 Å². The van der Waals surface area contributed by atoms with Gasteiger partial charge in [-0.3, -0.25) is 4.79 Å². The molecule has 0 fully saturated rings. The summed E-state index contributed by atoms with van der Waals surface area (Å²) in [6.45, 7) is 1.99. The quantitative estimate of drug-likeness (QED) is 0.875. The number of hydrogen-bond donors (Lipinski definition) is 2. The van der Waals surface area contributed by atoms with Crippen molar-refractivity contribution in [3.05, 3.63) is 52.0 Å². The molecule has 100 valence electrons. The number of hydrogen-bond acceptors (Lipinski definition) is 4. The Balaban J connectivity index is 2.47. The van der Waals surface area contributed by atoms with Crippen LogP contribution in [0.15, 0.2) is 35.8 Å². The number of rotatable bonds is 5. The van der Waals surface area contributed by atoms with Crippen molar-refractivity contribution in [3.8, 4) is 0 Å². The lowest BCUT2D eigenvalue weighted by Crippen LogP contribution is -2.45. The first-order valence-corrected chi connectivity index (χ1v) is 6.85. The van der Waals surface area contributed by atoms with Crippen LogP contribution < -0.4 is 5.73 Å².